The van der Waals surface area contributed by atoms with E-state index in [4.69, 9.17) is 25.5 Å². The maximum Gasteiger partial charge on any atom is 0.337 e. The molecule has 0 radical (unpaired) electrons. The number of aromatic carboxylic acids is 1. The number of aromatic amines is 1. The lowest BCUT2D eigenvalue weighted by atomic mass is 10.2. The van der Waals surface area contributed by atoms with Gasteiger partial charge in [0.1, 0.15) is 11.4 Å². The Labute approximate surface area is 185 Å². The number of halogens is 1. The number of hydrogen-bond donors (Lipinski definition) is 3. The third-order valence-corrected chi connectivity index (χ3v) is 5.46. The second kappa shape index (κ2) is 9.15. The fourth-order valence-corrected chi connectivity index (χ4v) is 3.85. The van der Waals surface area contributed by atoms with Crippen molar-refractivity contribution in [2.24, 2.45) is 0 Å². The van der Waals surface area contributed by atoms with Crippen molar-refractivity contribution in [1.82, 2.24) is 9.97 Å². The number of carbonyl (C=O) groups is 2. The minimum Gasteiger partial charge on any atom is -0.478 e. The van der Waals surface area contributed by atoms with E-state index in [0.717, 1.165) is 0 Å². The van der Waals surface area contributed by atoms with Gasteiger partial charge in [0.05, 0.1) is 23.1 Å². The Morgan fingerprint density at radius 1 is 1.13 bits per heavy atom. The van der Waals surface area contributed by atoms with E-state index in [1.807, 2.05) is 12.1 Å². The summed E-state index contributed by atoms with van der Waals surface area (Å²) in [7, 11) is 0. The maximum atomic E-state index is 12.2. The van der Waals surface area contributed by atoms with E-state index in [0.29, 0.717) is 39.5 Å². The Morgan fingerprint density at radius 3 is 2.55 bits per heavy atom. The summed E-state index contributed by atoms with van der Waals surface area (Å²) in [5.41, 5.74) is 1.61. The molecule has 158 valence electrons. The highest BCUT2D eigenvalue weighted by atomic mass is 35.5. The Balaban J connectivity index is 1.40. The van der Waals surface area contributed by atoms with Crippen LogP contribution in [0.25, 0.3) is 22.9 Å². The van der Waals surface area contributed by atoms with Gasteiger partial charge < -0.3 is 24.2 Å². The molecule has 1 amide bonds. The number of anilines is 1. The quantitative estimate of drug-likeness (QED) is 0.303. The van der Waals surface area contributed by atoms with Crippen molar-refractivity contribution in [3.8, 4) is 22.9 Å². The summed E-state index contributed by atoms with van der Waals surface area (Å²) in [5, 5.41) is 12.5. The molecule has 31 heavy (non-hydrogen) atoms. The van der Waals surface area contributed by atoms with Gasteiger partial charge >= 0.3 is 5.97 Å². The summed E-state index contributed by atoms with van der Waals surface area (Å²) < 4.78 is 10.9. The molecule has 3 N–H and O–H groups in total. The first-order valence-electron chi connectivity index (χ1n) is 9.14. The molecule has 4 aromatic rings. The van der Waals surface area contributed by atoms with Crippen molar-refractivity contribution in [2.45, 2.75) is 11.6 Å². The van der Waals surface area contributed by atoms with Gasteiger partial charge in [-0.1, -0.05) is 23.4 Å². The van der Waals surface area contributed by atoms with E-state index in [-0.39, 0.29) is 22.9 Å². The van der Waals surface area contributed by atoms with E-state index >= 15 is 0 Å². The Morgan fingerprint density at radius 2 is 1.87 bits per heavy atom. The van der Waals surface area contributed by atoms with E-state index in [1.54, 1.807) is 30.7 Å². The van der Waals surface area contributed by atoms with E-state index < -0.39 is 5.97 Å². The molecule has 0 fully saturated rings. The number of aromatic nitrogens is 2. The van der Waals surface area contributed by atoms with Crippen molar-refractivity contribution >= 4 is 40.9 Å². The zero-order chi connectivity index (χ0) is 21.8. The Bertz CT molecular complexity index is 1150. The van der Waals surface area contributed by atoms with Crippen LogP contribution in [0.4, 0.5) is 5.69 Å². The first-order valence-corrected chi connectivity index (χ1v) is 10.5. The summed E-state index contributed by atoms with van der Waals surface area (Å²) in [4.78, 5) is 31.2. The van der Waals surface area contributed by atoms with E-state index in [1.165, 1.54) is 23.9 Å². The van der Waals surface area contributed by atoms with Gasteiger partial charge in [0.2, 0.25) is 5.91 Å². The number of rotatable bonds is 8. The average Bonchev–Trinajstić information content (AvgIpc) is 3.50. The molecule has 0 unspecified atom stereocenters. The van der Waals surface area contributed by atoms with Crippen LogP contribution in [0, 0.1) is 0 Å². The molecule has 0 aliphatic heterocycles. The lowest BCUT2D eigenvalue weighted by Crippen LogP contribution is -2.13. The van der Waals surface area contributed by atoms with E-state index in [9.17, 15) is 9.59 Å². The standard InChI is InChI=1S/C21H16ClN3O5S/c22-14-6-5-12(11-13(14)20(27)28)23-17(26)7-10-31-21-24-18(15-3-1-8-29-15)19(25-21)16-4-2-9-30-16/h1-6,8-9,11H,7,10H2,(H,23,26)(H,24,25)(H,27,28). The summed E-state index contributed by atoms with van der Waals surface area (Å²) in [6, 6.07) is 11.5. The van der Waals surface area contributed by atoms with Crippen molar-refractivity contribution < 1.29 is 23.5 Å². The largest absolute Gasteiger partial charge is 0.478 e. The van der Waals surface area contributed by atoms with Gasteiger partial charge in [-0.15, -0.1) is 0 Å². The molecule has 3 heterocycles. The molecule has 4 rings (SSSR count). The fourth-order valence-electron chi connectivity index (χ4n) is 2.84. The molecule has 10 heteroatoms. The molecule has 0 aliphatic rings. The number of carboxylic acid groups (broad SMARTS) is 1. The number of nitrogens with one attached hydrogen (secondary N) is 2. The minimum absolute atomic E-state index is 0.0691. The highest BCUT2D eigenvalue weighted by molar-refractivity contribution is 7.99. The van der Waals surface area contributed by atoms with Crippen LogP contribution in [0.1, 0.15) is 16.8 Å². The van der Waals surface area contributed by atoms with Gasteiger partial charge in [0.25, 0.3) is 0 Å². The van der Waals surface area contributed by atoms with Crippen LogP contribution in [0.15, 0.2) is 69.0 Å². The highest BCUT2D eigenvalue weighted by Gasteiger charge is 2.18. The third kappa shape index (κ3) is 4.84. The normalized spacial score (nSPS) is 10.9. The van der Waals surface area contributed by atoms with Gasteiger partial charge in [-0.3, -0.25) is 4.79 Å². The number of benzene rings is 1. The smallest absolute Gasteiger partial charge is 0.337 e. The Hall–Kier alpha value is -3.43. The first-order chi connectivity index (χ1) is 15.0. The Kier molecular flexibility index (Phi) is 6.15. The first kappa shape index (κ1) is 20.8. The minimum atomic E-state index is -1.16. The van der Waals surface area contributed by atoms with Crippen LogP contribution >= 0.6 is 23.4 Å². The number of nitrogens with zero attached hydrogens (tertiary/aromatic N) is 1. The number of amides is 1. The van der Waals surface area contributed by atoms with Crippen LogP contribution in [0.2, 0.25) is 5.02 Å². The molecule has 1 aromatic carbocycles. The number of carboxylic acids is 1. The zero-order valence-corrected chi connectivity index (χ0v) is 17.5. The van der Waals surface area contributed by atoms with Crippen molar-refractivity contribution in [3.05, 3.63) is 65.6 Å². The van der Waals surface area contributed by atoms with Crippen LogP contribution in [0.5, 0.6) is 0 Å². The van der Waals surface area contributed by atoms with Gasteiger partial charge in [-0.05, 0) is 42.5 Å². The predicted molar refractivity (Wildman–Crippen MR) is 116 cm³/mol. The van der Waals surface area contributed by atoms with Crippen LogP contribution < -0.4 is 5.32 Å². The summed E-state index contributed by atoms with van der Waals surface area (Å²) in [5.74, 6) is 0.266. The maximum absolute atomic E-state index is 12.2. The highest BCUT2D eigenvalue weighted by Crippen LogP contribution is 2.33. The molecule has 0 aliphatic carbocycles. The van der Waals surface area contributed by atoms with Gasteiger partial charge in [-0.2, -0.15) is 0 Å². The van der Waals surface area contributed by atoms with Gasteiger partial charge in [-0.25, -0.2) is 9.78 Å². The summed E-state index contributed by atoms with van der Waals surface area (Å²) in [6.45, 7) is 0. The third-order valence-electron chi connectivity index (χ3n) is 4.25. The fraction of sp³-hybridized carbons (Fsp3) is 0.0952. The SMILES string of the molecule is O=C(CCSc1nc(-c2ccco2)c(-c2ccco2)[nH]1)Nc1ccc(Cl)c(C(=O)O)c1. The van der Waals surface area contributed by atoms with Crippen molar-refractivity contribution in [1.29, 1.82) is 0 Å². The zero-order valence-electron chi connectivity index (χ0n) is 15.9. The number of hydrogen-bond acceptors (Lipinski definition) is 6. The van der Waals surface area contributed by atoms with E-state index in [2.05, 4.69) is 15.3 Å². The topological polar surface area (TPSA) is 121 Å². The number of imidazole rings is 1. The molecule has 0 atom stereocenters. The number of carbonyl (C=O) groups excluding carboxylic acids is 1. The molecule has 3 aromatic heterocycles. The number of furan rings is 2. The predicted octanol–water partition coefficient (Wildman–Crippen LogP) is 5.40. The second-order valence-electron chi connectivity index (χ2n) is 6.37. The number of thioether (sulfide) groups is 1. The summed E-state index contributed by atoms with van der Waals surface area (Å²) in [6.07, 6.45) is 3.34. The molecule has 0 saturated heterocycles. The van der Waals surface area contributed by atoms with Gasteiger partial charge in [0, 0.05) is 17.9 Å². The lowest BCUT2D eigenvalue weighted by Gasteiger charge is -2.07. The van der Waals surface area contributed by atoms with Crippen molar-refractivity contribution in [3.63, 3.8) is 0 Å². The van der Waals surface area contributed by atoms with Gasteiger partial charge in [0.15, 0.2) is 16.7 Å². The second-order valence-corrected chi connectivity index (χ2v) is 7.86. The average molecular weight is 458 g/mol. The number of H-pyrrole nitrogens is 1. The molecular weight excluding hydrogens is 442 g/mol. The molecule has 0 bridgehead atoms. The molecular formula is C21H16ClN3O5S. The van der Waals surface area contributed by atoms with Crippen LogP contribution in [0.3, 0.4) is 0 Å². The monoisotopic (exact) mass is 457 g/mol. The molecule has 0 saturated carbocycles. The lowest BCUT2D eigenvalue weighted by molar-refractivity contribution is -0.115. The molecule has 0 spiro atoms. The van der Waals surface area contributed by atoms with Crippen LogP contribution in [-0.2, 0) is 4.79 Å². The van der Waals surface area contributed by atoms with Crippen molar-refractivity contribution in [2.75, 3.05) is 11.1 Å². The summed E-state index contributed by atoms with van der Waals surface area (Å²) >= 11 is 7.22. The molecule has 8 nitrogen and oxygen atoms in total. The van der Waals surface area contributed by atoms with Crippen LogP contribution in [-0.4, -0.2) is 32.7 Å².